The number of benzene rings is 1. The molecule has 20 heavy (non-hydrogen) atoms. The zero-order valence-electron chi connectivity index (χ0n) is 11.5. The maximum absolute atomic E-state index is 11.4. The first-order valence-corrected chi connectivity index (χ1v) is 8.88. The van der Waals surface area contributed by atoms with Gasteiger partial charge in [0.15, 0.2) is 0 Å². The molecular weight excluding hydrogens is 336 g/mol. The molecule has 1 aromatic rings. The highest BCUT2D eigenvalue weighted by Crippen LogP contribution is 2.59. The standard InChI is InChI=1S/C17H20BrClO/c18-15-2-1-12(16(19)8-15)9-17(20)13-4-10-3-11(6-13)7-14(17)5-10/h1-2,8,10-11,13-14,20H,3-7,9H2. The number of hydrogen-bond donors (Lipinski definition) is 1. The number of rotatable bonds is 2. The Morgan fingerprint density at radius 2 is 1.70 bits per heavy atom. The number of halogens is 2. The predicted molar refractivity (Wildman–Crippen MR) is 84.9 cm³/mol. The fourth-order valence-corrected chi connectivity index (χ4v) is 6.00. The molecule has 0 atom stereocenters. The van der Waals surface area contributed by atoms with Gasteiger partial charge in [-0.3, -0.25) is 0 Å². The Labute approximate surface area is 133 Å². The second-order valence-corrected chi connectivity index (χ2v) is 8.53. The van der Waals surface area contributed by atoms with Crippen molar-refractivity contribution in [2.75, 3.05) is 0 Å². The SMILES string of the molecule is OC1(Cc2ccc(Br)cc2Cl)C2CC3CC(C2)CC1C3. The molecule has 1 aromatic carbocycles. The summed E-state index contributed by atoms with van der Waals surface area (Å²) in [5, 5.41) is 12.1. The zero-order valence-corrected chi connectivity index (χ0v) is 13.8. The first-order valence-electron chi connectivity index (χ1n) is 7.71. The van der Waals surface area contributed by atoms with Crippen molar-refractivity contribution in [2.45, 2.75) is 44.1 Å². The van der Waals surface area contributed by atoms with Gasteiger partial charge in [-0.2, -0.15) is 0 Å². The minimum atomic E-state index is -0.509. The van der Waals surface area contributed by atoms with Crippen LogP contribution in [0.1, 0.15) is 37.7 Å². The maximum atomic E-state index is 11.4. The van der Waals surface area contributed by atoms with Gasteiger partial charge < -0.3 is 5.11 Å². The molecule has 0 saturated heterocycles. The van der Waals surface area contributed by atoms with E-state index in [4.69, 9.17) is 11.6 Å². The van der Waals surface area contributed by atoms with Crippen LogP contribution in [0.25, 0.3) is 0 Å². The topological polar surface area (TPSA) is 20.2 Å². The first-order chi connectivity index (χ1) is 9.54. The third-order valence-electron chi connectivity index (χ3n) is 6.04. The summed E-state index contributed by atoms with van der Waals surface area (Å²) in [5.74, 6) is 2.77. The molecule has 4 saturated carbocycles. The number of hydrogen-bond acceptors (Lipinski definition) is 1. The van der Waals surface area contributed by atoms with E-state index in [1.807, 2.05) is 12.1 Å². The molecule has 3 heteroatoms. The van der Waals surface area contributed by atoms with Crippen molar-refractivity contribution in [3.8, 4) is 0 Å². The summed E-state index contributed by atoms with van der Waals surface area (Å²) in [5.41, 5.74) is 0.593. The third-order valence-corrected chi connectivity index (χ3v) is 6.89. The smallest absolute Gasteiger partial charge is 0.0744 e. The molecule has 0 aromatic heterocycles. The summed E-state index contributed by atoms with van der Waals surface area (Å²) in [6.45, 7) is 0. The van der Waals surface area contributed by atoms with Gasteiger partial charge in [0.25, 0.3) is 0 Å². The molecule has 4 aliphatic carbocycles. The van der Waals surface area contributed by atoms with Crippen LogP contribution in [0.3, 0.4) is 0 Å². The van der Waals surface area contributed by atoms with Gasteiger partial charge in [0.05, 0.1) is 5.60 Å². The Bertz CT molecular complexity index is 514. The van der Waals surface area contributed by atoms with E-state index in [2.05, 4.69) is 22.0 Å². The molecule has 4 bridgehead atoms. The highest BCUT2D eigenvalue weighted by Gasteiger charge is 2.56. The molecular formula is C17H20BrClO. The molecule has 5 rings (SSSR count). The van der Waals surface area contributed by atoms with E-state index in [0.29, 0.717) is 11.8 Å². The second kappa shape index (κ2) is 4.72. The highest BCUT2D eigenvalue weighted by molar-refractivity contribution is 9.10. The second-order valence-electron chi connectivity index (χ2n) is 7.21. The van der Waals surface area contributed by atoms with Crippen molar-refractivity contribution < 1.29 is 5.11 Å². The lowest BCUT2D eigenvalue weighted by atomic mass is 9.49. The van der Waals surface area contributed by atoms with E-state index < -0.39 is 5.60 Å². The predicted octanol–water partition coefficient (Wildman–Crippen LogP) is 4.83. The van der Waals surface area contributed by atoms with Crippen LogP contribution in [0.4, 0.5) is 0 Å². The summed E-state index contributed by atoms with van der Waals surface area (Å²) in [7, 11) is 0. The van der Waals surface area contributed by atoms with E-state index in [-0.39, 0.29) is 0 Å². The maximum Gasteiger partial charge on any atom is 0.0744 e. The van der Waals surface area contributed by atoms with E-state index in [0.717, 1.165) is 33.3 Å². The molecule has 4 fully saturated rings. The van der Waals surface area contributed by atoms with Crippen LogP contribution in [-0.2, 0) is 6.42 Å². The van der Waals surface area contributed by atoms with Crippen LogP contribution in [0.15, 0.2) is 22.7 Å². The average Bonchev–Trinajstić information content (AvgIpc) is 2.39. The van der Waals surface area contributed by atoms with Crippen molar-refractivity contribution in [1.82, 2.24) is 0 Å². The Balaban J connectivity index is 1.64. The van der Waals surface area contributed by atoms with E-state index in [1.165, 1.54) is 32.1 Å². The van der Waals surface area contributed by atoms with Crippen molar-refractivity contribution >= 4 is 27.5 Å². The molecule has 1 nitrogen and oxygen atoms in total. The Hall–Kier alpha value is -0.0500. The number of aliphatic hydroxyl groups is 1. The van der Waals surface area contributed by atoms with Gasteiger partial charge in [0.2, 0.25) is 0 Å². The summed E-state index contributed by atoms with van der Waals surface area (Å²) < 4.78 is 1.00. The lowest BCUT2D eigenvalue weighted by molar-refractivity contribution is -0.171. The molecule has 0 unspecified atom stereocenters. The lowest BCUT2D eigenvalue weighted by Crippen LogP contribution is -2.58. The van der Waals surface area contributed by atoms with Crippen LogP contribution >= 0.6 is 27.5 Å². The molecule has 0 aliphatic heterocycles. The van der Waals surface area contributed by atoms with Gasteiger partial charge in [-0.15, -0.1) is 0 Å². The van der Waals surface area contributed by atoms with Crippen LogP contribution in [-0.4, -0.2) is 10.7 Å². The molecule has 108 valence electrons. The molecule has 0 radical (unpaired) electrons. The quantitative estimate of drug-likeness (QED) is 0.805. The van der Waals surface area contributed by atoms with Crippen LogP contribution in [0.5, 0.6) is 0 Å². The van der Waals surface area contributed by atoms with Gasteiger partial charge in [0, 0.05) is 15.9 Å². The Morgan fingerprint density at radius 1 is 1.10 bits per heavy atom. The highest BCUT2D eigenvalue weighted by atomic mass is 79.9. The van der Waals surface area contributed by atoms with Crippen molar-refractivity contribution in [3.63, 3.8) is 0 Å². The van der Waals surface area contributed by atoms with E-state index in [9.17, 15) is 5.11 Å². The third kappa shape index (κ3) is 2.07. The summed E-state index contributed by atoms with van der Waals surface area (Å²) in [6, 6.07) is 6.03. The van der Waals surface area contributed by atoms with Crippen molar-refractivity contribution in [2.24, 2.45) is 23.7 Å². The van der Waals surface area contributed by atoms with Crippen LogP contribution in [0, 0.1) is 23.7 Å². The largest absolute Gasteiger partial charge is 0.389 e. The van der Waals surface area contributed by atoms with Gasteiger partial charge in [0.1, 0.15) is 0 Å². The first kappa shape index (κ1) is 13.6. The van der Waals surface area contributed by atoms with Crippen LogP contribution in [0.2, 0.25) is 5.02 Å². The molecule has 1 N–H and O–H groups in total. The summed E-state index contributed by atoms with van der Waals surface area (Å²) in [6.07, 6.45) is 7.08. The minimum Gasteiger partial charge on any atom is -0.389 e. The Morgan fingerprint density at radius 3 is 2.25 bits per heavy atom. The summed E-state index contributed by atoms with van der Waals surface area (Å²) >= 11 is 9.81. The van der Waals surface area contributed by atoms with Crippen LogP contribution < -0.4 is 0 Å². The minimum absolute atomic E-state index is 0.499. The monoisotopic (exact) mass is 354 g/mol. The zero-order chi connectivity index (χ0) is 13.9. The molecule has 0 spiro atoms. The fourth-order valence-electron chi connectivity index (χ4n) is 5.26. The average molecular weight is 356 g/mol. The van der Waals surface area contributed by atoms with Crippen molar-refractivity contribution in [3.05, 3.63) is 33.3 Å². The van der Waals surface area contributed by atoms with Gasteiger partial charge in [-0.05, 0) is 73.5 Å². The normalized spacial score (nSPS) is 42.1. The van der Waals surface area contributed by atoms with Gasteiger partial charge >= 0.3 is 0 Å². The molecule has 4 aliphatic rings. The summed E-state index contributed by atoms with van der Waals surface area (Å²) in [4.78, 5) is 0. The van der Waals surface area contributed by atoms with Gasteiger partial charge in [-0.1, -0.05) is 33.6 Å². The van der Waals surface area contributed by atoms with E-state index in [1.54, 1.807) is 0 Å². The van der Waals surface area contributed by atoms with Gasteiger partial charge in [-0.25, -0.2) is 0 Å². The fraction of sp³-hybridized carbons (Fsp3) is 0.647. The van der Waals surface area contributed by atoms with E-state index >= 15 is 0 Å². The lowest BCUT2D eigenvalue weighted by Gasteiger charge is -2.59. The van der Waals surface area contributed by atoms with Crippen molar-refractivity contribution in [1.29, 1.82) is 0 Å². The molecule has 0 heterocycles. The molecule has 0 amide bonds. The Kier molecular flexibility index (Phi) is 3.21.